The highest BCUT2D eigenvalue weighted by atomic mass is 15.3. The molecular weight excluding hydrogens is 322 g/mol. The molecule has 0 radical (unpaired) electrons. The van der Waals surface area contributed by atoms with Gasteiger partial charge in [-0.2, -0.15) is 0 Å². The van der Waals surface area contributed by atoms with E-state index in [4.69, 9.17) is 4.98 Å². The van der Waals surface area contributed by atoms with E-state index >= 15 is 0 Å². The van der Waals surface area contributed by atoms with Crippen molar-refractivity contribution in [2.45, 2.75) is 26.4 Å². The first-order valence-corrected chi connectivity index (χ1v) is 9.42. The Morgan fingerprint density at radius 1 is 1.04 bits per heavy atom. The zero-order chi connectivity index (χ0) is 18.1. The molecule has 2 aromatic heterocycles. The highest BCUT2D eigenvalue weighted by Crippen LogP contribution is 2.30. The van der Waals surface area contributed by atoms with Crippen LogP contribution in [0.5, 0.6) is 0 Å². The monoisotopic (exact) mass is 349 g/mol. The molecule has 5 nitrogen and oxygen atoms in total. The van der Waals surface area contributed by atoms with E-state index in [-0.39, 0.29) is 0 Å². The summed E-state index contributed by atoms with van der Waals surface area (Å²) in [6.45, 7) is 10.0. The quantitative estimate of drug-likeness (QED) is 0.725. The van der Waals surface area contributed by atoms with E-state index in [1.807, 2.05) is 18.5 Å². The second-order valence-electron chi connectivity index (χ2n) is 7.42. The van der Waals surface area contributed by atoms with Crippen molar-refractivity contribution in [3.05, 3.63) is 48.4 Å². The summed E-state index contributed by atoms with van der Waals surface area (Å²) in [5.41, 5.74) is 3.46. The molecule has 1 aliphatic heterocycles. The van der Waals surface area contributed by atoms with Crippen molar-refractivity contribution < 1.29 is 0 Å². The Balaban J connectivity index is 1.65. The molecule has 26 heavy (non-hydrogen) atoms. The Labute approximate surface area is 155 Å². The van der Waals surface area contributed by atoms with Gasteiger partial charge in [0.2, 0.25) is 0 Å². The van der Waals surface area contributed by atoms with E-state index in [0.29, 0.717) is 6.04 Å². The molecule has 3 aromatic rings. The van der Waals surface area contributed by atoms with Crippen molar-refractivity contribution >= 4 is 10.9 Å². The van der Waals surface area contributed by atoms with Crippen molar-refractivity contribution in [3.63, 3.8) is 0 Å². The third kappa shape index (κ3) is 3.24. The lowest BCUT2D eigenvalue weighted by Crippen LogP contribution is -2.49. The minimum atomic E-state index is 0.491. The molecule has 0 saturated carbocycles. The lowest BCUT2D eigenvalue weighted by Gasteiger charge is -2.36. The van der Waals surface area contributed by atoms with Gasteiger partial charge in [0.15, 0.2) is 0 Å². The van der Waals surface area contributed by atoms with Crippen LogP contribution in [-0.2, 0) is 6.54 Å². The molecule has 1 saturated heterocycles. The fourth-order valence-corrected chi connectivity index (χ4v) is 3.91. The Morgan fingerprint density at radius 2 is 1.85 bits per heavy atom. The number of benzene rings is 1. The number of aryl methyl sites for hydroxylation is 1. The van der Waals surface area contributed by atoms with Gasteiger partial charge in [0.05, 0.1) is 5.52 Å². The molecule has 136 valence electrons. The Bertz CT molecular complexity index is 892. The van der Waals surface area contributed by atoms with Gasteiger partial charge in [-0.25, -0.2) is 4.98 Å². The summed E-state index contributed by atoms with van der Waals surface area (Å²) in [7, 11) is 2.20. The average molecular weight is 349 g/mol. The Morgan fingerprint density at radius 3 is 2.65 bits per heavy atom. The molecule has 1 fully saturated rings. The number of imidazole rings is 1. The summed E-state index contributed by atoms with van der Waals surface area (Å²) in [5.74, 6) is 1.04. The number of nitrogens with zero attached hydrogens (tertiary/aromatic N) is 5. The maximum absolute atomic E-state index is 4.72. The molecular formula is C21H27N5. The van der Waals surface area contributed by atoms with E-state index in [9.17, 15) is 0 Å². The summed E-state index contributed by atoms with van der Waals surface area (Å²) >= 11 is 0. The molecule has 0 aliphatic carbocycles. The van der Waals surface area contributed by atoms with Gasteiger partial charge in [-0.3, -0.25) is 9.88 Å². The average Bonchev–Trinajstić information content (AvgIpc) is 3.09. The molecule has 1 unspecified atom stereocenters. The molecule has 1 aromatic carbocycles. The van der Waals surface area contributed by atoms with Gasteiger partial charge in [-0.1, -0.05) is 12.1 Å². The van der Waals surface area contributed by atoms with Crippen LogP contribution in [0.1, 0.15) is 12.5 Å². The van der Waals surface area contributed by atoms with Gasteiger partial charge in [0, 0.05) is 68.3 Å². The highest BCUT2D eigenvalue weighted by molar-refractivity contribution is 5.94. The standard InChI is InChI=1S/C21H27N5/c1-16-6-7-19-18(5-4-8-22-19)20(16)21-23-9-10-26(21)15-17(2)25-13-11-24(3)12-14-25/h4-10,17H,11-15H2,1-3H3. The van der Waals surface area contributed by atoms with Crippen molar-refractivity contribution in [3.8, 4) is 11.4 Å². The van der Waals surface area contributed by atoms with E-state index < -0.39 is 0 Å². The lowest BCUT2D eigenvalue weighted by molar-refractivity contribution is 0.111. The zero-order valence-corrected chi connectivity index (χ0v) is 15.9. The minimum absolute atomic E-state index is 0.491. The van der Waals surface area contributed by atoms with Gasteiger partial charge in [0.25, 0.3) is 0 Å². The number of pyridine rings is 1. The van der Waals surface area contributed by atoms with E-state index in [2.05, 4.69) is 64.6 Å². The third-order valence-corrected chi connectivity index (χ3v) is 5.55. The number of aromatic nitrogens is 3. The van der Waals surface area contributed by atoms with Crippen molar-refractivity contribution in [2.75, 3.05) is 33.2 Å². The van der Waals surface area contributed by atoms with Gasteiger partial charge in [0.1, 0.15) is 5.82 Å². The fourth-order valence-electron chi connectivity index (χ4n) is 3.91. The summed E-state index contributed by atoms with van der Waals surface area (Å²) in [4.78, 5) is 14.2. The summed E-state index contributed by atoms with van der Waals surface area (Å²) in [6.07, 6.45) is 5.88. The van der Waals surface area contributed by atoms with E-state index in [0.717, 1.165) is 44.1 Å². The number of rotatable bonds is 4. The topological polar surface area (TPSA) is 37.2 Å². The van der Waals surface area contributed by atoms with Crippen molar-refractivity contribution in [1.29, 1.82) is 0 Å². The predicted octanol–water partition coefficient (Wildman–Crippen LogP) is 3.04. The number of hydrogen-bond donors (Lipinski definition) is 0. The van der Waals surface area contributed by atoms with Gasteiger partial charge < -0.3 is 9.47 Å². The van der Waals surface area contributed by atoms with Gasteiger partial charge in [-0.15, -0.1) is 0 Å². The Kier molecular flexibility index (Phi) is 4.74. The molecule has 0 N–H and O–H groups in total. The maximum Gasteiger partial charge on any atom is 0.140 e. The molecule has 1 aliphatic rings. The molecule has 0 amide bonds. The molecule has 5 heteroatoms. The first kappa shape index (κ1) is 17.2. The second kappa shape index (κ2) is 7.17. The van der Waals surface area contributed by atoms with Crippen LogP contribution in [0.25, 0.3) is 22.3 Å². The first-order chi connectivity index (χ1) is 12.6. The Hall–Kier alpha value is -2.24. The van der Waals surface area contributed by atoms with Crippen LogP contribution >= 0.6 is 0 Å². The van der Waals surface area contributed by atoms with E-state index in [1.165, 1.54) is 16.5 Å². The van der Waals surface area contributed by atoms with Crippen LogP contribution in [0, 0.1) is 6.92 Å². The fraction of sp³-hybridized carbons (Fsp3) is 0.429. The molecule has 0 spiro atoms. The molecule has 0 bridgehead atoms. The normalized spacial score (nSPS) is 17.7. The predicted molar refractivity (Wildman–Crippen MR) is 106 cm³/mol. The van der Waals surface area contributed by atoms with Gasteiger partial charge in [-0.05, 0) is 38.6 Å². The van der Waals surface area contributed by atoms with Crippen molar-refractivity contribution in [1.82, 2.24) is 24.3 Å². The number of piperazine rings is 1. The second-order valence-corrected chi connectivity index (χ2v) is 7.42. The summed E-state index contributed by atoms with van der Waals surface area (Å²) < 4.78 is 2.30. The third-order valence-electron chi connectivity index (χ3n) is 5.55. The number of fused-ring (bicyclic) bond motifs is 1. The number of likely N-dealkylation sites (N-methyl/N-ethyl adjacent to an activating group) is 1. The van der Waals surface area contributed by atoms with Crippen LogP contribution in [0.4, 0.5) is 0 Å². The zero-order valence-electron chi connectivity index (χ0n) is 15.9. The summed E-state index contributed by atoms with van der Waals surface area (Å²) in [5, 5.41) is 1.17. The highest BCUT2D eigenvalue weighted by Gasteiger charge is 2.21. The van der Waals surface area contributed by atoms with Crippen LogP contribution in [-0.4, -0.2) is 63.6 Å². The maximum atomic E-state index is 4.72. The van der Waals surface area contributed by atoms with E-state index in [1.54, 1.807) is 0 Å². The largest absolute Gasteiger partial charge is 0.329 e. The summed E-state index contributed by atoms with van der Waals surface area (Å²) in [6, 6.07) is 8.88. The lowest BCUT2D eigenvalue weighted by atomic mass is 10.0. The molecule has 4 rings (SSSR count). The first-order valence-electron chi connectivity index (χ1n) is 9.42. The van der Waals surface area contributed by atoms with Crippen LogP contribution in [0.3, 0.4) is 0 Å². The van der Waals surface area contributed by atoms with Gasteiger partial charge >= 0.3 is 0 Å². The molecule has 3 heterocycles. The van der Waals surface area contributed by atoms with Crippen LogP contribution in [0.15, 0.2) is 42.9 Å². The van der Waals surface area contributed by atoms with Crippen LogP contribution < -0.4 is 0 Å². The SMILES string of the molecule is Cc1ccc2ncccc2c1-c1nccn1CC(C)N1CCN(C)CC1. The smallest absolute Gasteiger partial charge is 0.140 e. The number of hydrogen-bond acceptors (Lipinski definition) is 4. The van der Waals surface area contributed by atoms with Crippen LogP contribution in [0.2, 0.25) is 0 Å². The minimum Gasteiger partial charge on any atom is -0.329 e. The van der Waals surface area contributed by atoms with Crippen molar-refractivity contribution in [2.24, 2.45) is 0 Å². The molecule has 1 atom stereocenters.